The van der Waals surface area contributed by atoms with Gasteiger partial charge in [0.1, 0.15) is 30.3 Å². The van der Waals surface area contributed by atoms with Crippen LogP contribution in [-0.2, 0) is 11.2 Å². The molecule has 2 aromatic rings. The summed E-state index contributed by atoms with van der Waals surface area (Å²) in [6.07, 6.45) is 1.74. The number of aryl methyl sites for hydroxylation is 1. The van der Waals surface area contributed by atoms with Gasteiger partial charge in [0.25, 0.3) is 0 Å². The van der Waals surface area contributed by atoms with Crippen molar-refractivity contribution in [2.24, 2.45) is 0 Å². The number of methoxy groups -OCH3 is 1. The topological polar surface area (TPSA) is 66.0 Å². The monoisotopic (exact) mass is 397 g/mol. The minimum atomic E-state index is -0.352. The molecule has 0 saturated heterocycles. The molecule has 0 fully saturated rings. The van der Waals surface area contributed by atoms with Crippen LogP contribution < -0.4 is 24.3 Å². The Hall–Kier alpha value is -2.89. The number of rotatable bonds is 5. The first kappa shape index (κ1) is 19.4. The number of amides is 1. The summed E-state index contributed by atoms with van der Waals surface area (Å²) < 4.78 is 22.6. The van der Waals surface area contributed by atoms with E-state index in [0.717, 1.165) is 34.1 Å². The molecule has 2 aliphatic heterocycles. The second kappa shape index (κ2) is 7.85. The van der Waals surface area contributed by atoms with Crippen LogP contribution in [0, 0.1) is 0 Å². The molecule has 2 aromatic carbocycles. The molecule has 0 spiro atoms. The predicted octanol–water partition coefficient (Wildman–Crippen LogP) is 3.82. The summed E-state index contributed by atoms with van der Waals surface area (Å²) in [5.74, 6) is 3.07. The Kier molecular flexibility index (Phi) is 5.26. The second-order valence-electron chi connectivity index (χ2n) is 8.07. The SMILES string of the molecule is COc1ccc2c(c1)C(NC(=O)CCc1ccc3c(c1)OCCO3)CC(C)(C)O2. The molecule has 0 bridgehead atoms. The highest BCUT2D eigenvalue weighted by Gasteiger charge is 2.34. The van der Waals surface area contributed by atoms with Crippen molar-refractivity contribution in [3.8, 4) is 23.0 Å². The molecule has 4 rings (SSSR count). The number of hydrogen-bond acceptors (Lipinski definition) is 5. The fraction of sp³-hybridized carbons (Fsp3) is 0.435. The Morgan fingerprint density at radius 1 is 1.10 bits per heavy atom. The van der Waals surface area contributed by atoms with E-state index >= 15 is 0 Å². The van der Waals surface area contributed by atoms with Gasteiger partial charge in [0.2, 0.25) is 5.91 Å². The maximum Gasteiger partial charge on any atom is 0.220 e. The Morgan fingerprint density at radius 3 is 2.66 bits per heavy atom. The molecule has 1 N–H and O–H groups in total. The van der Waals surface area contributed by atoms with Gasteiger partial charge in [0.05, 0.1) is 13.2 Å². The molecule has 6 nitrogen and oxygen atoms in total. The normalized spacial score (nSPS) is 18.9. The molecule has 1 amide bonds. The van der Waals surface area contributed by atoms with Crippen LogP contribution in [0.4, 0.5) is 0 Å². The van der Waals surface area contributed by atoms with Crippen molar-refractivity contribution in [2.45, 2.75) is 44.8 Å². The lowest BCUT2D eigenvalue weighted by atomic mass is 9.89. The molecule has 0 radical (unpaired) electrons. The molecule has 2 heterocycles. The van der Waals surface area contributed by atoms with Crippen molar-refractivity contribution >= 4 is 5.91 Å². The summed E-state index contributed by atoms with van der Waals surface area (Å²) in [7, 11) is 1.64. The van der Waals surface area contributed by atoms with Crippen LogP contribution in [-0.4, -0.2) is 31.8 Å². The Balaban J connectivity index is 1.43. The number of benzene rings is 2. The van der Waals surface area contributed by atoms with Gasteiger partial charge in [-0.15, -0.1) is 0 Å². The van der Waals surface area contributed by atoms with E-state index in [0.29, 0.717) is 32.5 Å². The first-order chi connectivity index (χ1) is 13.9. The van der Waals surface area contributed by atoms with E-state index < -0.39 is 0 Å². The number of nitrogens with one attached hydrogen (secondary N) is 1. The van der Waals surface area contributed by atoms with E-state index in [4.69, 9.17) is 18.9 Å². The molecule has 2 aliphatic rings. The fourth-order valence-electron chi connectivity index (χ4n) is 3.86. The standard InChI is InChI=1S/C23H27NO5/c1-23(2)14-18(17-13-16(26-3)6-8-19(17)29-23)24-22(25)9-5-15-4-7-20-21(12-15)28-11-10-27-20/h4,6-8,12-13,18H,5,9-11,14H2,1-3H3,(H,24,25). The van der Waals surface area contributed by atoms with Crippen LogP contribution >= 0.6 is 0 Å². The van der Waals surface area contributed by atoms with Gasteiger partial charge < -0.3 is 24.3 Å². The van der Waals surface area contributed by atoms with Gasteiger partial charge >= 0.3 is 0 Å². The Labute approximate surface area is 171 Å². The van der Waals surface area contributed by atoms with E-state index in [9.17, 15) is 4.79 Å². The van der Waals surface area contributed by atoms with Gasteiger partial charge in [0, 0.05) is 18.4 Å². The third-order valence-corrected chi connectivity index (χ3v) is 5.26. The Bertz CT molecular complexity index is 908. The quantitative estimate of drug-likeness (QED) is 0.831. The van der Waals surface area contributed by atoms with Crippen LogP contribution in [0.1, 0.15) is 43.9 Å². The average molecular weight is 397 g/mol. The molecule has 0 aromatic heterocycles. The van der Waals surface area contributed by atoms with Crippen molar-refractivity contribution < 1.29 is 23.7 Å². The maximum absolute atomic E-state index is 12.7. The molecule has 0 aliphatic carbocycles. The number of ether oxygens (including phenoxy) is 4. The van der Waals surface area contributed by atoms with Gasteiger partial charge in [-0.2, -0.15) is 0 Å². The first-order valence-corrected chi connectivity index (χ1v) is 9.98. The van der Waals surface area contributed by atoms with Crippen molar-refractivity contribution in [3.63, 3.8) is 0 Å². The fourth-order valence-corrected chi connectivity index (χ4v) is 3.86. The van der Waals surface area contributed by atoms with Gasteiger partial charge in [-0.1, -0.05) is 6.07 Å². The maximum atomic E-state index is 12.7. The summed E-state index contributed by atoms with van der Waals surface area (Å²) in [5.41, 5.74) is 1.66. The molecular formula is C23H27NO5. The van der Waals surface area contributed by atoms with Crippen LogP contribution in [0.5, 0.6) is 23.0 Å². The lowest BCUT2D eigenvalue weighted by molar-refractivity contribution is -0.122. The summed E-state index contributed by atoms with van der Waals surface area (Å²) in [5, 5.41) is 3.18. The van der Waals surface area contributed by atoms with E-state index in [2.05, 4.69) is 5.32 Å². The van der Waals surface area contributed by atoms with Crippen molar-refractivity contribution in [3.05, 3.63) is 47.5 Å². The van der Waals surface area contributed by atoms with Crippen molar-refractivity contribution in [1.82, 2.24) is 5.32 Å². The van der Waals surface area contributed by atoms with E-state index in [1.807, 2.05) is 50.2 Å². The average Bonchev–Trinajstić information content (AvgIpc) is 2.71. The Morgan fingerprint density at radius 2 is 1.86 bits per heavy atom. The lowest BCUT2D eigenvalue weighted by Gasteiger charge is -2.38. The number of carbonyl (C=O) groups excluding carboxylic acids is 1. The molecule has 6 heteroatoms. The third-order valence-electron chi connectivity index (χ3n) is 5.26. The highest BCUT2D eigenvalue weighted by molar-refractivity contribution is 5.77. The minimum Gasteiger partial charge on any atom is -0.497 e. The van der Waals surface area contributed by atoms with Crippen LogP contribution in [0.2, 0.25) is 0 Å². The van der Waals surface area contributed by atoms with Crippen LogP contribution in [0.25, 0.3) is 0 Å². The van der Waals surface area contributed by atoms with E-state index in [1.54, 1.807) is 7.11 Å². The van der Waals surface area contributed by atoms with E-state index in [1.165, 1.54) is 0 Å². The molecule has 1 unspecified atom stereocenters. The summed E-state index contributed by atoms with van der Waals surface area (Å²) in [4.78, 5) is 12.7. The van der Waals surface area contributed by atoms with Gasteiger partial charge in [-0.25, -0.2) is 0 Å². The summed E-state index contributed by atoms with van der Waals surface area (Å²) in [6, 6.07) is 11.5. The van der Waals surface area contributed by atoms with E-state index in [-0.39, 0.29) is 17.6 Å². The smallest absolute Gasteiger partial charge is 0.220 e. The number of fused-ring (bicyclic) bond motifs is 2. The zero-order chi connectivity index (χ0) is 20.4. The van der Waals surface area contributed by atoms with Gasteiger partial charge in [-0.3, -0.25) is 4.79 Å². The van der Waals surface area contributed by atoms with Gasteiger partial charge in [-0.05, 0) is 56.2 Å². The highest BCUT2D eigenvalue weighted by atomic mass is 16.6. The number of hydrogen-bond donors (Lipinski definition) is 1. The molecule has 1 atom stereocenters. The molecular weight excluding hydrogens is 370 g/mol. The zero-order valence-corrected chi connectivity index (χ0v) is 17.1. The molecule has 29 heavy (non-hydrogen) atoms. The summed E-state index contributed by atoms with van der Waals surface area (Å²) >= 11 is 0. The van der Waals surface area contributed by atoms with Crippen molar-refractivity contribution in [2.75, 3.05) is 20.3 Å². The third kappa shape index (κ3) is 4.42. The van der Waals surface area contributed by atoms with Crippen LogP contribution in [0.15, 0.2) is 36.4 Å². The number of carbonyl (C=O) groups is 1. The highest BCUT2D eigenvalue weighted by Crippen LogP contribution is 2.41. The lowest BCUT2D eigenvalue weighted by Crippen LogP contribution is -2.41. The zero-order valence-electron chi connectivity index (χ0n) is 17.1. The first-order valence-electron chi connectivity index (χ1n) is 9.98. The van der Waals surface area contributed by atoms with Crippen LogP contribution in [0.3, 0.4) is 0 Å². The van der Waals surface area contributed by atoms with Gasteiger partial charge in [0.15, 0.2) is 11.5 Å². The van der Waals surface area contributed by atoms with Crippen molar-refractivity contribution in [1.29, 1.82) is 0 Å². The largest absolute Gasteiger partial charge is 0.497 e. The molecule has 154 valence electrons. The second-order valence-corrected chi connectivity index (χ2v) is 8.07. The molecule has 0 saturated carbocycles. The predicted molar refractivity (Wildman–Crippen MR) is 109 cm³/mol. The summed E-state index contributed by atoms with van der Waals surface area (Å²) in [6.45, 7) is 5.20. The minimum absolute atomic E-state index is 0.0105.